The molecule has 4 aromatic rings. The number of anilines is 2. The number of hydrogen-bond acceptors (Lipinski definition) is 11. The van der Waals surface area contributed by atoms with Gasteiger partial charge in [0.1, 0.15) is 41.1 Å². The lowest BCUT2D eigenvalue weighted by Crippen LogP contribution is -2.52. The number of nitrogens with two attached hydrogens (primary N) is 1. The highest BCUT2D eigenvalue weighted by molar-refractivity contribution is 6.00. The summed E-state index contributed by atoms with van der Waals surface area (Å²) in [6.45, 7) is 5.07. The monoisotopic (exact) mass is 587 g/mol. The van der Waals surface area contributed by atoms with Gasteiger partial charge < -0.3 is 25.1 Å². The van der Waals surface area contributed by atoms with Crippen molar-refractivity contribution in [3.63, 3.8) is 0 Å². The van der Waals surface area contributed by atoms with Crippen LogP contribution in [0.2, 0.25) is 0 Å². The predicted molar refractivity (Wildman–Crippen MR) is 155 cm³/mol. The van der Waals surface area contributed by atoms with Crippen LogP contribution in [0.15, 0.2) is 16.5 Å². The molecule has 4 aliphatic rings. The summed E-state index contributed by atoms with van der Waals surface area (Å²) in [6.07, 6.45) is 3.47. The zero-order valence-corrected chi connectivity index (χ0v) is 23.7. The first kappa shape index (κ1) is 26.5. The minimum absolute atomic E-state index is 0.0914. The van der Waals surface area contributed by atoms with E-state index in [2.05, 4.69) is 26.2 Å². The number of pyridine rings is 1. The van der Waals surface area contributed by atoms with E-state index in [1.54, 1.807) is 6.07 Å². The number of aromatic nitrogens is 4. The van der Waals surface area contributed by atoms with Gasteiger partial charge >= 0.3 is 6.01 Å². The van der Waals surface area contributed by atoms with Crippen molar-refractivity contribution in [3.05, 3.63) is 29.2 Å². The molecule has 2 unspecified atom stereocenters. The molecule has 0 saturated carbocycles. The summed E-state index contributed by atoms with van der Waals surface area (Å²) in [5.74, 6) is 0.0238. The summed E-state index contributed by atoms with van der Waals surface area (Å²) >= 11 is 0. The van der Waals surface area contributed by atoms with Gasteiger partial charge in [-0.3, -0.25) is 4.90 Å². The summed E-state index contributed by atoms with van der Waals surface area (Å²) in [4.78, 5) is 23.3. The van der Waals surface area contributed by atoms with E-state index in [9.17, 15) is 14.0 Å². The van der Waals surface area contributed by atoms with Crippen LogP contribution in [0.5, 0.6) is 6.01 Å². The van der Waals surface area contributed by atoms with E-state index in [1.807, 2.05) is 6.92 Å². The summed E-state index contributed by atoms with van der Waals surface area (Å²) in [6, 6.07) is 5.50. The van der Waals surface area contributed by atoms with Gasteiger partial charge in [0.05, 0.1) is 5.54 Å². The van der Waals surface area contributed by atoms with Crippen molar-refractivity contribution in [1.29, 1.82) is 5.26 Å². The lowest BCUT2D eigenvalue weighted by Gasteiger charge is -2.37. The van der Waals surface area contributed by atoms with Crippen LogP contribution in [-0.2, 0) is 0 Å². The van der Waals surface area contributed by atoms with Gasteiger partial charge in [-0.25, -0.2) is 13.8 Å². The Balaban J connectivity index is 1.31. The third-order valence-corrected chi connectivity index (χ3v) is 9.78. The molecule has 43 heavy (non-hydrogen) atoms. The van der Waals surface area contributed by atoms with Crippen LogP contribution in [0.25, 0.3) is 33.3 Å². The molecule has 0 amide bonds. The summed E-state index contributed by atoms with van der Waals surface area (Å²) in [5, 5.41) is 13.8. The highest BCUT2D eigenvalue weighted by Gasteiger charge is 2.49. The second kappa shape index (κ2) is 9.68. The number of nitrogens with zero attached hydrogens (tertiary/aromatic N) is 7. The molecule has 222 valence electrons. The molecule has 0 spiro atoms. The van der Waals surface area contributed by atoms with Crippen molar-refractivity contribution in [3.8, 4) is 23.2 Å². The van der Waals surface area contributed by atoms with E-state index in [4.69, 9.17) is 29.8 Å². The van der Waals surface area contributed by atoms with Gasteiger partial charge in [-0.15, -0.1) is 0 Å². The standard InChI is InChI=1S/C30H31F2N9O2/c1-15-22(19-5-6-20(32)26-24(19)37-28(34)43-26)21(10-33)36-25-23(15)38-29(39-27(25)41-17-3-4-18(41)12-35-11-17)42-14-30-7-2-8-40(30)13-16(31)9-30/h5-6,16-18,35H,2-4,7-9,11-14H2,1H3,(H2,34,37)/t16-,17?,18?,30+/m1/s1. The van der Waals surface area contributed by atoms with Crippen molar-refractivity contribution in [2.24, 2.45) is 0 Å². The number of nitriles is 1. The smallest absolute Gasteiger partial charge is 0.319 e. The number of ether oxygens (including phenoxy) is 1. The molecule has 2 bridgehead atoms. The third-order valence-electron chi connectivity index (χ3n) is 9.78. The predicted octanol–water partition coefficient (Wildman–Crippen LogP) is 3.63. The van der Waals surface area contributed by atoms with E-state index in [1.165, 1.54) is 6.07 Å². The van der Waals surface area contributed by atoms with Crippen molar-refractivity contribution in [2.75, 3.05) is 43.4 Å². The van der Waals surface area contributed by atoms with Crippen LogP contribution < -0.4 is 20.7 Å². The number of benzene rings is 1. The number of nitrogen functional groups attached to an aromatic ring is 1. The summed E-state index contributed by atoms with van der Waals surface area (Å²) in [5.41, 5.74) is 8.29. The van der Waals surface area contributed by atoms with E-state index in [0.717, 1.165) is 45.3 Å². The molecule has 4 saturated heterocycles. The molecule has 7 heterocycles. The lowest BCUT2D eigenvalue weighted by molar-refractivity contribution is 0.107. The topological polar surface area (TPSA) is 142 Å². The first-order valence-corrected chi connectivity index (χ1v) is 14.8. The molecular formula is C30H31F2N9O2. The Kier molecular flexibility index (Phi) is 5.96. The van der Waals surface area contributed by atoms with Gasteiger partial charge in [0.2, 0.25) is 0 Å². The van der Waals surface area contributed by atoms with Crippen molar-refractivity contribution in [2.45, 2.75) is 62.8 Å². The van der Waals surface area contributed by atoms with Crippen molar-refractivity contribution >= 4 is 34.0 Å². The first-order valence-electron chi connectivity index (χ1n) is 14.8. The SMILES string of the molecule is Cc1c(-c2ccc(F)c3oc(N)nc23)c(C#N)nc2c(N3C4CCC3CNC4)nc(OC[C@@]34CCCN3C[C@H](F)C4)nc12. The van der Waals surface area contributed by atoms with Gasteiger partial charge in [0.25, 0.3) is 6.01 Å². The molecule has 0 radical (unpaired) electrons. The van der Waals surface area contributed by atoms with Crippen LogP contribution in [0.4, 0.5) is 20.6 Å². The lowest BCUT2D eigenvalue weighted by atomic mass is 9.95. The Bertz CT molecular complexity index is 1810. The van der Waals surface area contributed by atoms with Gasteiger partial charge in [-0.2, -0.15) is 20.2 Å². The maximum atomic E-state index is 14.6. The zero-order chi connectivity index (χ0) is 29.5. The highest BCUT2D eigenvalue weighted by atomic mass is 19.1. The molecule has 13 heteroatoms. The van der Waals surface area contributed by atoms with E-state index in [0.29, 0.717) is 53.1 Å². The van der Waals surface area contributed by atoms with Gasteiger partial charge in [-0.05, 0) is 56.8 Å². The van der Waals surface area contributed by atoms with Crippen LogP contribution in [0.1, 0.15) is 43.4 Å². The van der Waals surface area contributed by atoms with Crippen LogP contribution in [0.3, 0.4) is 0 Å². The molecule has 0 aliphatic carbocycles. The Labute approximate surface area is 246 Å². The second-order valence-electron chi connectivity index (χ2n) is 12.2. The van der Waals surface area contributed by atoms with E-state index in [-0.39, 0.29) is 46.4 Å². The molecule has 4 fully saturated rings. The molecule has 3 N–H and O–H groups in total. The quantitative estimate of drug-likeness (QED) is 0.353. The second-order valence-corrected chi connectivity index (χ2v) is 12.2. The van der Waals surface area contributed by atoms with Crippen molar-refractivity contribution < 1.29 is 17.9 Å². The average molecular weight is 588 g/mol. The molecule has 1 aromatic carbocycles. The number of nitrogens with one attached hydrogen (secondary N) is 1. The number of rotatable bonds is 5. The maximum Gasteiger partial charge on any atom is 0.319 e. The van der Waals surface area contributed by atoms with Crippen LogP contribution in [0, 0.1) is 24.1 Å². The van der Waals surface area contributed by atoms with Crippen LogP contribution >= 0.6 is 0 Å². The molecule has 8 rings (SSSR count). The summed E-state index contributed by atoms with van der Waals surface area (Å²) < 4.78 is 40.8. The van der Waals surface area contributed by atoms with E-state index >= 15 is 0 Å². The fourth-order valence-corrected chi connectivity index (χ4v) is 7.87. The third kappa shape index (κ3) is 4.03. The minimum atomic E-state index is -0.870. The normalized spacial score (nSPS) is 26.8. The molecular weight excluding hydrogens is 556 g/mol. The number of fused-ring (bicyclic) bond motifs is 5. The number of hydrogen-bond donors (Lipinski definition) is 2. The number of piperazine rings is 1. The fourth-order valence-electron chi connectivity index (χ4n) is 7.87. The zero-order valence-electron chi connectivity index (χ0n) is 23.7. The number of aryl methyl sites for hydroxylation is 1. The Morgan fingerprint density at radius 2 is 1.98 bits per heavy atom. The number of oxazole rings is 1. The minimum Gasteiger partial charge on any atom is -0.461 e. The molecule has 3 aromatic heterocycles. The van der Waals surface area contributed by atoms with E-state index < -0.39 is 12.0 Å². The van der Waals surface area contributed by atoms with Crippen LogP contribution in [-0.4, -0.2) is 81.4 Å². The van der Waals surface area contributed by atoms with Gasteiger partial charge in [-0.1, -0.05) is 0 Å². The van der Waals surface area contributed by atoms with Gasteiger partial charge in [0.15, 0.2) is 17.2 Å². The molecule has 11 nitrogen and oxygen atoms in total. The first-order chi connectivity index (χ1) is 20.8. The Morgan fingerprint density at radius 1 is 1.16 bits per heavy atom. The Morgan fingerprint density at radius 3 is 2.77 bits per heavy atom. The highest BCUT2D eigenvalue weighted by Crippen LogP contribution is 2.43. The number of alkyl halides is 1. The maximum absolute atomic E-state index is 14.6. The molecule has 4 atom stereocenters. The number of halogens is 2. The Hall–Kier alpha value is -4.15. The van der Waals surface area contributed by atoms with Crippen molar-refractivity contribution in [1.82, 2.24) is 30.2 Å². The molecule has 4 aliphatic heterocycles. The average Bonchev–Trinajstić information content (AvgIpc) is 3.72. The van der Waals surface area contributed by atoms with Gasteiger partial charge in [0, 0.05) is 49.3 Å². The fraction of sp³-hybridized carbons (Fsp3) is 0.500. The largest absolute Gasteiger partial charge is 0.461 e. The summed E-state index contributed by atoms with van der Waals surface area (Å²) in [7, 11) is 0.